The highest BCUT2D eigenvalue weighted by atomic mass is 32.2. The number of ether oxygens (including phenoxy) is 1. The van der Waals surface area contributed by atoms with Crippen molar-refractivity contribution in [2.75, 3.05) is 31.2 Å². The third-order valence-corrected chi connectivity index (χ3v) is 5.09. The Morgan fingerprint density at radius 2 is 2.12 bits per heavy atom. The Bertz CT molecular complexity index is 948. The number of nitro groups is 1. The lowest BCUT2D eigenvalue weighted by atomic mass is 10.4. The molecule has 0 amide bonds. The van der Waals surface area contributed by atoms with Crippen molar-refractivity contribution in [1.82, 2.24) is 24.1 Å². The molecule has 0 aromatic carbocycles. The molecule has 136 valence electrons. The lowest BCUT2D eigenvalue weighted by molar-refractivity contribution is -0.393. The molecule has 1 fully saturated rings. The molecule has 1 aliphatic rings. The van der Waals surface area contributed by atoms with Crippen LogP contribution < -0.4 is 4.90 Å². The van der Waals surface area contributed by atoms with Gasteiger partial charge < -0.3 is 19.8 Å². The first-order chi connectivity index (χ1) is 12.7. The lowest BCUT2D eigenvalue weighted by Gasteiger charge is -2.27. The largest absolute Gasteiger partial charge is 0.378 e. The van der Waals surface area contributed by atoms with E-state index in [1.807, 2.05) is 11.5 Å². The summed E-state index contributed by atoms with van der Waals surface area (Å²) < 4.78 is 8.80. The van der Waals surface area contributed by atoms with Gasteiger partial charge >= 0.3 is 5.82 Å². The summed E-state index contributed by atoms with van der Waals surface area (Å²) in [4.78, 5) is 17.7. The Kier molecular flexibility index (Phi) is 4.47. The Morgan fingerprint density at radius 3 is 2.85 bits per heavy atom. The maximum absolute atomic E-state index is 11.6. The monoisotopic (exact) mass is 375 g/mol. The minimum atomic E-state index is -0.419. The zero-order chi connectivity index (χ0) is 18.1. The van der Waals surface area contributed by atoms with Crippen LogP contribution >= 0.6 is 11.8 Å². The topological polar surface area (TPSA) is 104 Å². The fraction of sp³-hybridized carbons (Fsp3) is 0.400. The van der Waals surface area contributed by atoms with E-state index in [0.29, 0.717) is 35.6 Å². The first-order valence-electron chi connectivity index (χ1n) is 8.24. The Balaban J connectivity index is 1.72. The summed E-state index contributed by atoms with van der Waals surface area (Å²) in [5, 5.41) is 21.0. The summed E-state index contributed by atoms with van der Waals surface area (Å²) in [7, 11) is 0. The van der Waals surface area contributed by atoms with Crippen LogP contribution in [0.15, 0.2) is 34.6 Å². The zero-order valence-corrected chi connectivity index (χ0v) is 14.9. The average molecular weight is 375 g/mol. The number of imidazole rings is 1. The standard InChI is InChI=1S/C15H17N7O3S/c1-2-20-14(19-7-9-25-10-8-19)17-18-15(20)26-12-13(22(23)24)21-6-4-3-5-11(21)16-12/h3-6H,2,7-10H2,1H3. The van der Waals surface area contributed by atoms with Crippen LogP contribution in [-0.4, -0.2) is 55.4 Å². The number of pyridine rings is 1. The van der Waals surface area contributed by atoms with Gasteiger partial charge in [0.2, 0.25) is 16.6 Å². The smallest absolute Gasteiger partial charge is 0.362 e. The van der Waals surface area contributed by atoms with Crippen molar-refractivity contribution in [2.24, 2.45) is 0 Å². The molecule has 11 heteroatoms. The van der Waals surface area contributed by atoms with Crippen molar-refractivity contribution in [1.29, 1.82) is 0 Å². The van der Waals surface area contributed by atoms with Gasteiger partial charge in [-0.2, -0.15) is 9.38 Å². The van der Waals surface area contributed by atoms with Gasteiger partial charge in [0.1, 0.15) is 0 Å². The van der Waals surface area contributed by atoms with E-state index in [2.05, 4.69) is 20.1 Å². The summed E-state index contributed by atoms with van der Waals surface area (Å²) in [5.41, 5.74) is 0.526. The molecule has 0 atom stereocenters. The molecule has 10 nitrogen and oxygen atoms in total. The lowest BCUT2D eigenvalue weighted by Crippen LogP contribution is -2.38. The van der Waals surface area contributed by atoms with Crippen molar-refractivity contribution in [2.45, 2.75) is 23.7 Å². The van der Waals surface area contributed by atoms with E-state index in [-0.39, 0.29) is 5.82 Å². The van der Waals surface area contributed by atoms with Gasteiger partial charge in [0, 0.05) is 25.7 Å². The quantitative estimate of drug-likeness (QED) is 0.491. The van der Waals surface area contributed by atoms with Crippen molar-refractivity contribution in [3.8, 4) is 0 Å². The highest BCUT2D eigenvalue weighted by Crippen LogP contribution is 2.35. The van der Waals surface area contributed by atoms with E-state index >= 15 is 0 Å². The van der Waals surface area contributed by atoms with Crippen molar-refractivity contribution in [3.05, 3.63) is 34.5 Å². The summed E-state index contributed by atoms with van der Waals surface area (Å²) in [6.45, 7) is 5.45. The third kappa shape index (κ3) is 2.88. The van der Waals surface area contributed by atoms with Crippen LogP contribution in [0.5, 0.6) is 0 Å². The van der Waals surface area contributed by atoms with Crippen molar-refractivity contribution >= 4 is 29.2 Å². The molecule has 0 unspecified atom stereocenters. The number of aromatic nitrogens is 5. The summed E-state index contributed by atoms with van der Waals surface area (Å²) in [6, 6.07) is 5.27. The molecule has 26 heavy (non-hydrogen) atoms. The van der Waals surface area contributed by atoms with Gasteiger partial charge in [-0.1, -0.05) is 6.07 Å². The van der Waals surface area contributed by atoms with Gasteiger partial charge in [0.15, 0.2) is 5.16 Å². The predicted molar refractivity (Wildman–Crippen MR) is 94.7 cm³/mol. The van der Waals surface area contributed by atoms with E-state index in [0.717, 1.165) is 30.8 Å². The van der Waals surface area contributed by atoms with Crippen LogP contribution in [-0.2, 0) is 11.3 Å². The molecule has 1 aliphatic heterocycles. The van der Waals surface area contributed by atoms with Crippen molar-refractivity contribution in [3.63, 3.8) is 0 Å². The molecule has 4 heterocycles. The maximum Gasteiger partial charge on any atom is 0.362 e. The highest BCUT2D eigenvalue weighted by Gasteiger charge is 2.26. The number of hydrogen-bond acceptors (Lipinski definition) is 8. The van der Waals surface area contributed by atoms with Gasteiger partial charge in [-0.15, -0.1) is 10.2 Å². The Morgan fingerprint density at radius 1 is 1.31 bits per heavy atom. The highest BCUT2D eigenvalue weighted by molar-refractivity contribution is 7.99. The molecule has 0 saturated carbocycles. The zero-order valence-electron chi connectivity index (χ0n) is 14.1. The van der Waals surface area contributed by atoms with Crippen LogP contribution in [0.25, 0.3) is 5.65 Å². The van der Waals surface area contributed by atoms with E-state index in [1.54, 1.807) is 24.4 Å². The van der Waals surface area contributed by atoms with Gasteiger partial charge in [-0.3, -0.25) is 4.57 Å². The Hall–Kier alpha value is -2.66. The van der Waals surface area contributed by atoms with Crippen LogP contribution in [0.2, 0.25) is 0 Å². The second kappa shape index (κ2) is 6.92. The number of rotatable bonds is 5. The predicted octanol–water partition coefficient (Wildman–Crippen LogP) is 1.84. The summed E-state index contributed by atoms with van der Waals surface area (Å²) in [5.74, 6) is 0.689. The molecule has 0 N–H and O–H groups in total. The second-order valence-electron chi connectivity index (χ2n) is 5.65. The average Bonchev–Trinajstić information content (AvgIpc) is 3.23. The summed E-state index contributed by atoms with van der Waals surface area (Å²) in [6.07, 6.45) is 1.63. The van der Waals surface area contributed by atoms with E-state index < -0.39 is 4.92 Å². The van der Waals surface area contributed by atoms with E-state index in [9.17, 15) is 10.1 Å². The third-order valence-electron chi connectivity index (χ3n) is 4.14. The first-order valence-corrected chi connectivity index (χ1v) is 9.06. The number of morpholine rings is 1. The van der Waals surface area contributed by atoms with E-state index in [1.165, 1.54) is 4.40 Å². The van der Waals surface area contributed by atoms with Crippen LogP contribution in [0, 0.1) is 10.1 Å². The molecule has 0 spiro atoms. The molecule has 4 rings (SSSR count). The van der Waals surface area contributed by atoms with Gasteiger partial charge in [-0.25, -0.2) is 0 Å². The van der Waals surface area contributed by atoms with Crippen LogP contribution in [0.4, 0.5) is 11.8 Å². The minimum absolute atomic E-state index is 0.0656. The number of nitrogens with zero attached hydrogens (tertiary/aromatic N) is 7. The Labute approximate surface area is 152 Å². The fourth-order valence-electron chi connectivity index (χ4n) is 2.91. The SMILES string of the molecule is CCn1c(Sc2nc3ccccn3c2[N+](=O)[O-])nnc1N1CCOCC1. The number of hydrogen-bond donors (Lipinski definition) is 0. The number of fused-ring (bicyclic) bond motifs is 1. The van der Waals surface area contributed by atoms with Crippen molar-refractivity contribution < 1.29 is 9.66 Å². The molecule has 0 bridgehead atoms. The minimum Gasteiger partial charge on any atom is -0.378 e. The van der Waals surface area contributed by atoms with Gasteiger partial charge in [-0.05, 0) is 29.7 Å². The molecule has 3 aromatic rings. The van der Waals surface area contributed by atoms with E-state index in [4.69, 9.17) is 4.74 Å². The molecular formula is C15H17N7O3S. The molecule has 3 aromatic heterocycles. The number of anilines is 1. The molecule has 1 saturated heterocycles. The van der Waals surface area contributed by atoms with Gasteiger partial charge in [0.05, 0.1) is 19.4 Å². The molecule has 0 radical (unpaired) electrons. The first kappa shape index (κ1) is 16.8. The van der Waals surface area contributed by atoms with Gasteiger partial charge in [0.25, 0.3) is 0 Å². The summed E-state index contributed by atoms with van der Waals surface area (Å²) >= 11 is 1.16. The van der Waals surface area contributed by atoms with Crippen LogP contribution in [0.1, 0.15) is 6.92 Å². The molecular weight excluding hydrogens is 358 g/mol. The van der Waals surface area contributed by atoms with Crippen LogP contribution in [0.3, 0.4) is 0 Å². The fourth-order valence-corrected chi connectivity index (χ4v) is 3.89. The second-order valence-corrected chi connectivity index (χ2v) is 6.61. The normalized spacial score (nSPS) is 14.9. The molecule has 0 aliphatic carbocycles. The maximum atomic E-state index is 11.6.